The summed E-state index contributed by atoms with van der Waals surface area (Å²) < 4.78 is 5.77. The molecule has 0 spiro atoms. The average molecular weight is 429 g/mol. The van der Waals surface area contributed by atoms with Gasteiger partial charge in [0.2, 0.25) is 0 Å². The van der Waals surface area contributed by atoms with Crippen molar-refractivity contribution in [2.75, 3.05) is 5.32 Å². The molecule has 6 nitrogen and oxygen atoms in total. The number of hydrogen-bond acceptors (Lipinski definition) is 4. The van der Waals surface area contributed by atoms with E-state index in [0.717, 1.165) is 16.9 Å². The van der Waals surface area contributed by atoms with E-state index in [1.54, 1.807) is 48.5 Å². The largest absolute Gasteiger partial charge is 0.486 e. The van der Waals surface area contributed by atoms with Crippen molar-refractivity contribution in [2.45, 2.75) is 6.61 Å². The number of fused-ring (bicyclic) bond motifs is 1. The van der Waals surface area contributed by atoms with Crippen LogP contribution in [0.15, 0.2) is 78.4 Å². The Hall–Kier alpha value is -4.08. The fourth-order valence-corrected chi connectivity index (χ4v) is 3.06. The van der Waals surface area contributed by atoms with Gasteiger partial charge in [-0.1, -0.05) is 35.9 Å². The minimum atomic E-state index is -0.491. The van der Waals surface area contributed by atoms with Crippen LogP contribution >= 0.6 is 11.6 Å². The van der Waals surface area contributed by atoms with Gasteiger partial charge in [-0.15, -0.1) is 0 Å². The van der Waals surface area contributed by atoms with Gasteiger partial charge < -0.3 is 15.0 Å². The topological polar surface area (TPSA) is 90.8 Å². The Labute approximate surface area is 183 Å². The van der Waals surface area contributed by atoms with E-state index in [2.05, 4.69) is 15.3 Å². The van der Waals surface area contributed by atoms with Gasteiger partial charge in [0.15, 0.2) is 0 Å². The molecule has 0 fully saturated rings. The molecule has 4 aromatic rings. The third-order valence-electron chi connectivity index (χ3n) is 4.47. The summed E-state index contributed by atoms with van der Waals surface area (Å²) in [6.07, 6.45) is 1.52. The average Bonchev–Trinajstić information content (AvgIpc) is 3.21. The van der Waals surface area contributed by atoms with Gasteiger partial charge >= 0.3 is 0 Å². The Morgan fingerprint density at radius 3 is 2.55 bits per heavy atom. The van der Waals surface area contributed by atoms with E-state index >= 15 is 0 Å². The first-order valence-corrected chi connectivity index (χ1v) is 9.84. The Morgan fingerprint density at radius 2 is 1.84 bits per heavy atom. The molecule has 0 aliphatic heterocycles. The highest BCUT2D eigenvalue weighted by Crippen LogP contribution is 2.18. The van der Waals surface area contributed by atoms with Crippen molar-refractivity contribution in [3.8, 4) is 11.8 Å². The van der Waals surface area contributed by atoms with Crippen molar-refractivity contribution in [3.63, 3.8) is 0 Å². The molecule has 0 aliphatic carbocycles. The normalized spacial score (nSPS) is 11.2. The zero-order valence-corrected chi connectivity index (χ0v) is 17.1. The van der Waals surface area contributed by atoms with Crippen LogP contribution in [0.25, 0.3) is 17.1 Å². The summed E-state index contributed by atoms with van der Waals surface area (Å²) in [5.41, 5.74) is 3.11. The number of hydrogen-bond donors (Lipinski definition) is 2. The molecule has 0 unspecified atom stereocenters. The summed E-state index contributed by atoms with van der Waals surface area (Å²) >= 11 is 5.84. The summed E-state index contributed by atoms with van der Waals surface area (Å²) in [5, 5.41) is 12.6. The van der Waals surface area contributed by atoms with Crippen LogP contribution in [0.4, 0.5) is 5.69 Å². The number of para-hydroxylation sites is 2. The molecule has 3 aromatic carbocycles. The van der Waals surface area contributed by atoms with Crippen LogP contribution in [0, 0.1) is 11.3 Å². The summed E-state index contributed by atoms with van der Waals surface area (Å²) in [5.74, 6) is 0.896. The zero-order valence-electron chi connectivity index (χ0n) is 16.3. The number of carbonyl (C=O) groups is 1. The van der Waals surface area contributed by atoms with Gasteiger partial charge in [0.25, 0.3) is 5.91 Å². The molecule has 0 saturated carbocycles. The lowest BCUT2D eigenvalue weighted by atomic mass is 10.1. The number of amides is 1. The van der Waals surface area contributed by atoms with Crippen molar-refractivity contribution in [3.05, 3.63) is 94.8 Å². The lowest BCUT2D eigenvalue weighted by Gasteiger charge is -2.06. The minimum Gasteiger partial charge on any atom is -0.486 e. The quantitative estimate of drug-likeness (QED) is 0.320. The van der Waals surface area contributed by atoms with Gasteiger partial charge in [-0.05, 0) is 60.2 Å². The molecule has 1 heterocycles. The molecule has 0 radical (unpaired) electrons. The molecule has 0 atom stereocenters. The van der Waals surface area contributed by atoms with Gasteiger partial charge in [0.1, 0.15) is 29.8 Å². The van der Waals surface area contributed by atoms with Crippen molar-refractivity contribution in [1.82, 2.24) is 9.97 Å². The molecule has 0 aliphatic rings. The molecule has 7 heteroatoms. The van der Waals surface area contributed by atoms with Gasteiger partial charge in [-0.25, -0.2) is 4.98 Å². The minimum absolute atomic E-state index is 0.00843. The number of aromatic amines is 1. The van der Waals surface area contributed by atoms with E-state index in [4.69, 9.17) is 16.3 Å². The second-order valence-corrected chi connectivity index (χ2v) is 7.13. The van der Waals surface area contributed by atoms with E-state index < -0.39 is 5.91 Å². The standard InChI is InChI=1S/C24H17ClN4O2/c25-18-7-9-19(10-8-18)27-24(30)17(14-26)13-16-5-11-20(12-6-16)31-15-23-28-21-3-1-2-4-22(21)29-23/h1-13H,15H2,(H,27,30)(H,28,29)/b17-13-. The van der Waals surface area contributed by atoms with Crippen LogP contribution in [-0.2, 0) is 11.4 Å². The number of aromatic nitrogens is 2. The van der Waals surface area contributed by atoms with Crippen LogP contribution < -0.4 is 10.1 Å². The number of ether oxygens (including phenoxy) is 1. The number of benzene rings is 3. The van der Waals surface area contributed by atoms with E-state index in [1.165, 1.54) is 6.08 Å². The maximum Gasteiger partial charge on any atom is 0.266 e. The Kier molecular flexibility index (Phi) is 5.97. The van der Waals surface area contributed by atoms with Crippen molar-refractivity contribution < 1.29 is 9.53 Å². The maximum atomic E-state index is 12.4. The first kappa shape index (κ1) is 20.2. The second-order valence-electron chi connectivity index (χ2n) is 6.69. The van der Waals surface area contributed by atoms with Crippen LogP contribution in [0.2, 0.25) is 5.02 Å². The number of nitrogens with one attached hydrogen (secondary N) is 2. The van der Waals surface area contributed by atoms with Crippen LogP contribution in [-0.4, -0.2) is 15.9 Å². The summed E-state index contributed by atoms with van der Waals surface area (Å²) in [6.45, 7) is 0.302. The van der Waals surface area contributed by atoms with E-state index in [0.29, 0.717) is 28.6 Å². The number of rotatable bonds is 6. The smallest absolute Gasteiger partial charge is 0.266 e. The lowest BCUT2D eigenvalue weighted by Crippen LogP contribution is -2.13. The highest BCUT2D eigenvalue weighted by Gasteiger charge is 2.10. The molecule has 0 saturated heterocycles. The fourth-order valence-electron chi connectivity index (χ4n) is 2.93. The van der Waals surface area contributed by atoms with Gasteiger partial charge in [0, 0.05) is 10.7 Å². The van der Waals surface area contributed by atoms with E-state index in [9.17, 15) is 10.1 Å². The van der Waals surface area contributed by atoms with Crippen molar-refractivity contribution >= 4 is 40.3 Å². The molecular weight excluding hydrogens is 412 g/mol. The first-order valence-electron chi connectivity index (χ1n) is 9.46. The van der Waals surface area contributed by atoms with Crippen molar-refractivity contribution in [2.24, 2.45) is 0 Å². The molecular formula is C24H17ClN4O2. The lowest BCUT2D eigenvalue weighted by molar-refractivity contribution is -0.112. The number of H-pyrrole nitrogens is 1. The highest BCUT2D eigenvalue weighted by molar-refractivity contribution is 6.30. The van der Waals surface area contributed by atoms with Crippen LogP contribution in [0.5, 0.6) is 5.75 Å². The highest BCUT2D eigenvalue weighted by atomic mass is 35.5. The van der Waals surface area contributed by atoms with E-state index in [-0.39, 0.29) is 5.57 Å². The maximum absolute atomic E-state index is 12.4. The number of anilines is 1. The zero-order chi connectivity index (χ0) is 21.6. The number of imidazole rings is 1. The monoisotopic (exact) mass is 428 g/mol. The molecule has 4 rings (SSSR count). The van der Waals surface area contributed by atoms with Gasteiger partial charge in [-0.3, -0.25) is 4.79 Å². The Balaban J connectivity index is 1.40. The van der Waals surface area contributed by atoms with E-state index in [1.807, 2.05) is 30.3 Å². The fraction of sp³-hybridized carbons (Fsp3) is 0.0417. The molecule has 1 amide bonds. The second kappa shape index (κ2) is 9.16. The summed E-state index contributed by atoms with van der Waals surface area (Å²) in [4.78, 5) is 20.1. The summed E-state index contributed by atoms with van der Waals surface area (Å²) in [6, 6.07) is 23.5. The van der Waals surface area contributed by atoms with Gasteiger partial charge in [-0.2, -0.15) is 5.26 Å². The van der Waals surface area contributed by atoms with Crippen LogP contribution in [0.1, 0.15) is 11.4 Å². The predicted molar refractivity (Wildman–Crippen MR) is 121 cm³/mol. The number of halogens is 1. The molecule has 152 valence electrons. The van der Waals surface area contributed by atoms with Crippen LogP contribution in [0.3, 0.4) is 0 Å². The number of nitrogens with zero attached hydrogens (tertiary/aromatic N) is 2. The molecule has 31 heavy (non-hydrogen) atoms. The molecule has 2 N–H and O–H groups in total. The van der Waals surface area contributed by atoms with Crippen molar-refractivity contribution in [1.29, 1.82) is 5.26 Å². The Morgan fingerprint density at radius 1 is 1.10 bits per heavy atom. The predicted octanol–water partition coefficient (Wildman–Crippen LogP) is 5.34. The number of nitriles is 1. The third-order valence-corrected chi connectivity index (χ3v) is 4.72. The Bertz CT molecular complexity index is 1250. The molecule has 1 aromatic heterocycles. The molecule has 0 bridgehead atoms. The third kappa shape index (κ3) is 5.10. The first-order chi connectivity index (χ1) is 15.1. The number of carbonyl (C=O) groups excluding carboxylic acids is 1. The SMILES string of the molecule is N#C/C(=C/c1ccc(OCc2nc3ccccc3[nH]2)cc1)C(=O)Nc1ccc(Cl)cc1. The van der Waals surface area contributed by atoms with Gasteiger partial charge in [0.05, 0.1) is 11.0 Å². The summed E-state index contributed by atoms with van der Waals surface area (Å²) in [7, 11) is 0.